The summed E-state index contributed by atoms with van der Waals surface area (Å²) in [6.45, 7) is 1.99. The van der Waals surface area contributed by atoms with Crippen molar-refractivity contribution in [3.8, 4) is 17.0 Å². The van der Waals surface area contributed by atoms with Gasteiger partial charge in [0.25, 0.3) is 5.56 Å². The summed E-state index contributed by atoms with van der Waals surface area (Å²) in [7, 11) is 0. The van der Waals surface area contributed by atoms with Crippen LogP contribution in [0.15, 0.2) is 59.4 Å². The second kappa shape index (κ2) is 8.40. The predicted molar refractivity (Wildman–Crippen MR) is 130 cm³/mol. The third-order valence-corrected chi connectivity index (χ3v) is 6.73. The molecule has 172 valence electrons. The van der Waals surface area contributed by atoms with Gasteiger partial charge in [0.1, 0.15) is 40.5 Å². The first-order valence-electron chi connectivity index (χ1n) is 11.4. The molecule has 34 heavy (non-hydrogen) atoms. The fourth-order valence-corrected chi connectivity index (χ4v) is 4.98. The lowest BCUT2D eigenvalue weighted by Gasteiger charge is -2.20. The van der Waals surface area contributed by atoms with E-state index in [0.29, 0.717) is 40.5 Å². The number of anilines is 1. The first kappa shape index (κ1) is 21.1. The Kier molecular flexibility index (Phi) is 5.21. The van der Waals surface area contributed by atoms with Crippen molar-refractivity contribution in [2.45, 2.75) is 31.9 Å². The maximum absolute atomic E-state index is 15.0. The minimum absolute atomic E-state index is 0.00476. The summed E-state index contributed by atoms with van der Waals surface area (Å²) in [6, 6.07) is 16.0. The maximum Gasteiger partial charge on any atom is 0.261 e. The first-order chi connectivity index (χ1) is 16.6. The average molecular weight is 477 g/mol. The molecular weight excluding hydrogens is 455 g/mol. The van der Waals surface area contributed by atoms with Gasteiger partial charge >= 0.3 is 0 Å². The molecular formula is C26H22ClFN4O2. The molecule has 1 unspecified atom stereocenters. The van der Waals surface area contributed by atoms with Gasteiger partial charge in [0.05, 0.1) is 11.9 Å². The van der Waals surface area contributed by atoms with Crippen LogP contribution in [0.4, 0.5) is 10.2 Å². The molecule has 2 aromatic carbocycles. The summed E-state index contributed by atoms with van der Waals surface area (Å²) >= 11 is 5.99. The number of fused-ring (bicyclic) bond motifs is 2. The minimum Gasteiger partial charge on any atom is -0.489 e. The lowest BCUT2D eigenvalue weighted by molar-refractivity contribution is 0.225. The number of benzene rings is 2. The normalized spacial score (nSPS) is 17.4. The van der Waals surface area contributed by atoms with Crippen LogP contribution in [-0.4, -0.2) is 33.7 Å². The molecule has 0 amide bonds. The third kappa shape index (κ3) is 3.70. The van der Waals surface area contributed by atoms with E-state index in [1.54, 1.807) is 22.8 Å². The van der Waals surface area contributed by atoms with Crippen molar-refractivity contribution in [2.75, 3.05) is 18.0 Å². The van der Waals surface area contributed by atoms with Gasteiger partial charge in [-0.1, -0.05) is 29.8 Å². The van der Waals surface area contributed by atoms with E-state index in [0.717, 1.165) is 37.4 Å². The molecule has 0 saturated carbocycles. The molecule has 1 atom stereocenters. The van der Waals surface area contributed by atoms with Crippen LogP contribution in [0.3, 0.4) is 0 Å². The molecule has 2 aliphatic heterocycles. The second-order valence-electron chi connectivity index (χ2n) is 8.73. The summed E-state index contributed by atoms with van der Waals surface area (Å²) in [5.41, 5.74) is 0.969. The van der Waals surface area contributed by atoms with Gasteiger partial charge < -0.3 is 9.64 Å². The topological polar surface area (TPSA) is 60.3 Å². The molecule has 4 heterocycles. The van der Waals surface area contributed by atoms with Crippen LogP contribution < -0.4 is 15.2 Å². The van der Waals surface area contributed by atoms with Gasteiger partial charge in [0.2, 0.25) is 0 Å². The maximum atomic E-state index is 15.0. The highest BCUT2D eigenvalue weighted by Gasteiger charge is 2.28. The molecule has 6 rings (SSSR count). The van der Waals surface area contributed by atoms with Crippen LogP contribution >= 0.6 is 11.6 Å². The van der Waals surface area contributed by atoms with E-state index in [1.165, 1.54) is 6.07 Å². The van der Waals surface area contributed by atoms with E-state index in [9.17, 15) is 9.18 Å². The lowest BCUT2D eigenvalue weighted by Crippen LogP contribution is -2.26. The Balaban J connectivity index is 1.45. The van der Waals surface area contributed by atoms with Crippen LogP contribution in [0.25, 0.3) is 22.2 Å². The lowest BCUT2D eigenvalue weighted by atomic mass is 10.1. The highest BCUT2D eigenvalue weighted by molar-refractivity contribution is 6.30. The van der Waals surface area contributed by atoms with Crippen LogP contribution in [0.2, 0.25) is 5.02 Å². The van der Waals surface area contributed by atoms with Crippen molar-refractivity contribution in [3.05, 3.63) is 81.6 Å². The number of hydrogen-bond acceptors (Lipinski definition) is 5. The number of aromatic nitrogens is 3. The fraction of sp³-hybridized carbons (Fsp3) is 0.269. The number of aryl methyl sites for hydroxylation is 1. The smallest absolute Gasteiger partial charge is 0.261 e. The van der Waals surface area contributed by atoms with Crippen molar-refractivity contribution in [1.29, 1.82) is 0 Å². The molecule has 0 radical (unpaired) electrons. The second-order valence-corrected chi connectivity index (χ2v) is 9.16. The molecule has 0 bridgehead atoms. The van der Waals surface area contributed by atoms with Gasteiger partial charge in [0.15, 0.2) is 0 Å². The van der Waals surface area contributed by atoms with E-state index in [4.69, 9.17) is 26.3 Å². The molecule has 1 fully saturated rings. The molecule has 2 aromatic heterocycles. The molecule has 4 aromatic rings. The quantitative estimate of drug-likeness (QED) is 0.421. The number of ether oxygens (including phenoxy) is 1. The standard InChI is InChI=1S/C26H22ClFN4O2/c27-16-8-9-19(21(28)13-16)24-25-20(26(33)32-11-4-7-22(32)29-25)14-23(30-24)31-12-10-18(15-31)34-17-5-2-1-3-6-17/h1-3,5-6,8-9,13-14,18H,4,7,10-12,15H2. The number of pyridine rings is 1. The van der Waals surface area contributed by atoms with Gasteiger partial charge in [-0.15, -0.1) is 0 Å². The summed E-state index contributed by atoms with van der Waals surface area (Å²) in [5, 5.41) is 0.753. The van der Waals surface area contributed by atoms with Crippen LogP contribution in [0.5, 0.6) is 5.75 Å². The molecule has 0 N–H and O–H groups in total. The molecule has 0 spiro atoms. The highest BCUT2D eigenvalue weighted by atomic mass is 35.5. The zero-order chi connectivity index (χ0) is 23.2. The number of halogens is 2. The SMILES string of the molecule is O=c1c2cc(N3CCC(Oc4ccccc4)C3)nc(-c3ccc(Cl)cc3F)c2nc2n1CCC2. The Morgan fingerprint density at radius 2 is 1.91 bits per heavy atom. The zero-order valence-corrected chi connectivity index (χ0v) is 19.1. The van der Waals surface area contributed by atoms with Crippen LogP contribution in [0, 0.1) is 5.82 Å². The molecule has 0 aliphatic carbocycles. The van der Waals surface area contributed by atoms with Crippen LogP contribution in [-0.2, 0) is 13.0 Å². The van der Waals surface area contributed by atoms with E-state index in [-0.39, 0.29) is 17.2 Å². The van der Waals surface area contributed by atoms with Crippen LogP contribution in [0.1, 0.15) is 18.7 Å². The van der Waals surface area contributed by atoms with E-state index in [1.807, 2.05) is 30.3 Å². The molecule has 8 heteroatoms. The Labute approximate surface area is 200 Å². The zero-order valence-electron chi connectivity index (χ0n) is 18.4. The monoisotopic (exact) mass is 476 g/mol. The van der Waals surface area contributed by atoms with Gasteiger partial charge in [-0.3, -0.25) is 9.36 Å². The van der Waals surface area contributed by atoms with Gasteiger partial charge in [-0.25, -0.2) is 14.4 Å². The van der Waals surface area contributed by atoms with Gasteiger partial charge in [0, 0.05) is 36.5 Å². The Morgan fingerprint density at radius 3 is 2.74 bits per heavy atom. The highest BCUT2D eigenvalue weighted by Crippen LogP contribution is 2.33. The fourth-order valence-electron chi connectivity index (χ4n) is 4.83. The molecule has 1 saturated heterocycles. The molecule has 6 nitrogen and oxygen atoms in total. The van der Waals surface area contributed by atoms with E-state index in [2.05, 4.69) is 4.90 Å². The third-order valence-electron chi connectivity index (χ3n) is 6.49. The van der Waals surface area contributed by atoms with Crippen molar-refractivity contribution in [3.63, 3.8) is 0 Å². The minimum atomic E-state index is -0.493. The summed E-state index contributed by atoms with van der Waals surface area (Å²) in [4.78, 5) is 25.0. The van der Waals surface area contributed by atoms with Crippen molar-refractivity contribution < 1.29 is 9.13 Å². The summed E-state index contributed by atoms with van der Waals surface area (Å²) in [6.07, 6.45) is 2.41. The summed E-state index contributed by atoms with van der Waals surface area (Å²) in [5.74, 6) is 1.67. The largest absolute Gasteiger partial charge is 0.489 e. The van der Waals surface area contributed by atoms with E-state index >= 15 is 0 Å². The Bertz CT molecular complexity index is 1460. The number of rotatable bonds is 4. The van der Waals surface area contributed by atoms with E-state index < -0.39 is 5.82 Å². The number of hydrogen-bond donors (Lipinski definition) is 0. The Hall–Kier alpha value is -3.45. The Morgan fingerprint density at radius 1 is 1.06 bits per heavy atom. The number of nitrogens with zero attached hydrogens (tertiary/aromatic N) is 4. The predicted octanol–water partition coefficient (Wildman–Crippen LogP) is 4.85. The number of para-hydroxylation sites is 1. The van der Waals surface area contributed by atoms with Crippen molar-refractivity contribution >= 4 is 28.3 Å². The van der Waals surface area contributed by atoms with Crippen molar-refractivity contribution in [2.24, 2.45) is 0 Å². The average Bonchev–Trinajstić information content (AvgIpc) is 3.50. The van der Waals surface area contributed by atoms with Crippen molar-refractivity contribution in [1.82, 2.24) is 14.5 Å². The van der Waals surface area contributed by atoms with Gasteiger partial charge in [-0.05, 0) is 42.8 Å². The summed E-state index contributed by atoms with van der Waals surface area (Å²) < 4.78 is 22.8. The first-order valence-corrected chi connectivity index (χ1v) is 11.8. The van der Waals surface area contributed by atoms with Gasteiger partial charge in [-0.2, -0.15) is 0 Å². The molecule has 2 aliphatic rings.